The van der Waals surface area contributed by atoms with E-state index in [9.17, 15) is 14.4 Å². The van der Waals surface area contributed by atoms with Gasteiger partial charge in [0.2, 0.25) is 11.8 Å². The van der Waals surface area contributed by atoms with Crippen LogP contribution in [0.15, 0.2) is 30.3 Å². The highest BCUT2D eigenvalue weighted by atomic mass is 16.4. The van der Waals surface area contributed by atoms with Gasteiger partial charge < -0.3 is 15.7 Å². The van der Waals surface area contributed by atoms with Gasteiger partial charge in [0.1, 0.15) is 0 Å². The predicted octanol–water partition coefficient (Wildman–Crippen LogP) is 0.342. The van der Waals surface area contributed by atoms with Crippen molar-refractivity contribution in [3.63, 3.8) is 0 Å². The maximum atomic E-state index is 11.7. The van der Waals surface area contributed by atoms with Crippen LogP contribution in [-0.2, 0) is 9.59 Å². The quantitative estimate of drug-likeness (QED) is 0.773. The Labute approximate surface area is 115 Å². The molecule has 1 aromatic rings. The number of benzene rings is 1. The molecule has 104 valence electrons. The molecule has 0 aromatic heterocycles. The lowest BCUT2D eigenvalue weighted by Crippen LogP contribution is -2.52. The maximum Gasteiger partial charge on any atom is 0.310 e. The molecule has 2 amide bonds. The third-order valence-corrected chi connectivity index (χ3v) is 3.16. The zero-order valence-corrected chi connectivity index (χ0v) is 10.7. The van der Waals surface area contributed by atoms with Gasteiger partial charge >= 0.3 is 5.97 Å². The second-order valence-electron chi connectivity index (χ2n) is 4.60. The highest BCUT2D eigenvalue weighted by molar-refractivity contribution is 5.94. The number of aliphatic carboxylic acids is 1. The van der Waals surface area contributed by atoms with Crippen molar-refractivity contribution in [1.82, 2.24) is 4.90 Å². The Kier molecular flexibility index (Phi) is 3.84. The number of hydrogen-bond donors (Lipinski definition) is 2. The van der Waals surface area contributed by atoms with Gasteiger partial charge in [-0.1, -0.05) is 12.1 Å². The Balaban J connectivity index is 1.91. The first-order valence-corrected chi connectivity index (χ1v) is 6.07. The summed E-state index contributed by atoms with van der Waals surface area (Å²) in [6.45, 7) is 0.498. The second kappa shape index (κ2) is 5.56. The first-order chi connectivity index (χ1) is 9.47. The van der Waals surface area contributed by atoms with Crippen molar-refractivity contribution in [1.29, 1.82) is 0 Å². The van der Waals surface area contributed by atoms with Crippen LogP contribution in [-0.4, -0.2) is 40.9 Å². The van der Waals surface area contributed by atoms with Gasteiger partial charge in [0.25, 0.3) is 0 Å². The lowest BCUT2D eigenvalue weighted by atomic mass is 10.0. The molecular formula is C14H14N2O4. The molecule has 0 spiro atoms. The molecule has 0 saturated carbocycles. The van der Waals surface area contributed by atoms with Gasteiger partial charge in [0.15, 0.2) is 0 Å². The Hall–Kier alpha value is -2.63. The van der Waals surface area contributed by atoms with Gasteiger partial charge in [-0.2, -0.15) is 0 Å². The highest BCUT2D eigenvalue weighted by Gasteiger charge is 2.34. The summed E-state index contributed by atoms with van der Waals surface area (Å²) in [7, 11) is 0. The molecule has 6 heteroatoms. The van der Waals surface area contributed by atoms with E-state index in [4.69, 9.17) is 10.8 Å². The van der Waals surface area contributed by atoms with Gasteiger partial charge in [-0.3, -0.25) is 14.4 Å². The molecule has 1 fully saturated rings. The van der Waals surface area contributed by atoms with E-state index in [1.54, 1.807) is 30.3 Å². The van der Waals surface area contributed by atoms with Crippen LogP contribution >= 0.6 is 0 Å². The van der Waals surface area contributed by atoms with Crippen molar-refractivity contribution in [3.8, 4) is 0 Å². The Morgan fingerprint density at radius 1 is 1.20 bits per heavy atom. The Morgan fingerprint density at radius 3 is 2.30 bits per heavy atom. The van der Waals surface area contributed by atoms with Crippen molar-refractivity contribution in [2.24, 2.45) is 11.7 Å². The summed E-state index contributed by atoms with van der Waals surface area (Å²) in [5.41, 5.74) is 6.29. The zero-order valence-electron chi connectivity index (χ0n) is 10.7. The number of amides is 2. The van der Waals surface area contributed by atoms with Crippen LogP contribution in [0, 0.1) is 5.92 Å². The van der Waals surface area contributed by atoms with Gasteiger partial charge in [-0.25, -0.2) is 0 Å². The standard InChI is InChI=1S/C14H14N2O4/c15-13(18)10-4-1-9(2-5-10)3-6-12(17)16-7-11(8-16)14(19)20/h1-6,11H,7-8H2,(H2,15,18)(H,19,20). The molecule has 6 nitrogen and oxygen atoms in total. The zero-order chi connectivity index (χ0) is 14.7. The van der Waals surface area contributed by atoms with Crippen molar-refractivity contribution in [2.45, 2.75) is 0 Å². The number of carboxylic acids is 1. The lowest BCUT2D eigenvalue weighted by Gasteiger charge is -2.35. The van der Waals surface area contributed by atoms with Crippen LogP contribution in [0.25, 0.3) is 6.08 Å². The number of likely N-dealkylation sites (tertiary alicyclic amines) is 1. The summed E-state index contributed by atoms with van der Waals surface area (Å²) in [4.78, 5) is 34.7. The molecule has 1 aliphatic rings. The van der Waals surface area contributed by atoms with E-state index in [1.807, 2.05) is 0 Å². The minimum absolute atomic E-state index is 0.221. The summed E-state index contributed by atoms with van der Waals surface area (Å²) in [5, 5.41) is 8.72. The van der Waals surface area contributed by atoms with Crippen molar-refractivity contribution >= 4 is 23.9 Å². The molecule has 0 bridgehead atoms. The van der Waals surface area contributed by atoms with E-state index < -0.39 is 17.8 Å². The van der Waals surface area contributed by atoms with Gasteiger partial charge in [-0.05, 0) is 23.8 Å². The van der Waals surface area contributed by atoms with E-state index in [0.717, 1.165) is 5.56 Å². The SMILES string of the molecule is NC(=O)c1ccc(C=CC(=O)N2CC(C(=O)O)C2)cc1. The van der Waals surface area contributed by atoms with Crippen LogP contribution in [0.3, 0.4) is 0 Å². The summed E-state index contributed by atoms with van der Waals surface area (Å²) in [6, 6.07) is 6.52. The molecule has 0 atom stereocenters. The van der Waals surface area contributed by atoms with Crippen LogP contribution < -0.4 is 5.73 Å². The average molecular weight is 274 g/mol. The van der Waals surface area contributed by atoms with Crippen molar-refractivity contribution < 1.29 is 19.5 Å². The fourth-order valence-electron chi connectivity index (χ4n) is 1.85. The minimum Gasteiger partial charge on any atom is -0.481 e. The van der Waals surface area contributed by atoms with Crippen LogP contribution in [0.4, 0.5) is 0 Å². The smallest absolute Gasteiger partial charge is 0.310 e. The number of nitrogens with two attached hydrogens (primary N) is 1. The van der Waals surface area contributed by atoms with E-state index in [1.165, 1.54) is 11.0 Å². The number of rotatable bonds is 4. The number of nitrogens with zero attached hydrogens (tertiary/aromatic N) is 1. The summed E-state index contributed by atoms with van der Waals surface area (Å²) in [6.07, 6.45) is 3.00. The van der Waals surface area contributed by atoms with E-state index in [0.29, 0.717) is 5.56 Å². The van der Waals surface area contributed by atoms with Crippen LogP contribution in [0.1, 0.15) is 15.9 Å². The van der Waals surface area contributed by atoms with Crippen molar-refractivity contribution in [3.05, 3.63) is 41.5 Å². The number of hydrogen-bond acceptors (Lipinski definition) is 3. The van der Waals surface area contributed by atoms with E-state index in [-0.39, 0.29) is 19.0 Å². The number of carboxylic acid groups (broad SMARTS) is 1. The normalized spacial score (nSPS) is 15.1. The number of primary amides is 1. The molecule has 0 radical (unpaired) electrons. The number of carbonyl (C=O) groups is 3. The second-order valence-corrected chi connectivity index (χ2v) is 4.60. The monoisotopic (exact) mass is 274 g/mol. The molecule has 20 heavy (non-hydrogen) atoms. The number of carbonyl (C=O) groups excluding carboxylic acids is 2. The fraction of sp³-hybridized carbons (Fsp3) is 0.214. The highest BCUT2D eigenvalue weighted by Crippen LogP contribution is 2.16. The molecule has 0 unspecified atom stereocenters. The molecule has 1 saturated heterocycles. The first kappa shape index (κ1) is 13.8. The molecule has 1 heterocycles. The van der Waals surface area contributed by atoms with Gasteiger partial charge in [0, 0.05) is 24.7 Å². The summed E-state index contributed by atoms with van der Waals surface area (Å²) < 4.78 is 0. The van der Waals surface area contributed by atoms with Gasteiger partial charge in [0.05, 0.1) is 5.92 Å². The predicted molar refractivity (Wildman–Crippen MR) is 71.7 cm³/mol. The molecule has 3 N–H and O–H groups in total. The topological polar surface area (TPSA) is 101 Å². The average Bonchev–Trinajstić information content (AvgIpc) is 2.34. The molecule has 1 aromatic carbocycles. The van der Waals surface area contributed by atoms with E-state index >= 15 is 0 Å². The third-order valence-electron chi connectivity index (χ3n) is 3.16. The molecule has 1 aliphatic heterocycles. The molecule has 0 aliphatic carbocycles. The van der Waals surface area contributed by atoms with Gasteiger partial charge in [-0.15, -0.1) is 0 Å². The van der Waals surface area contributed by atoms with E-state index in [2.05, 4.69) is 0 Å². The third kappa shape index (κ3) is 3.03. The minimum atomic E-state index is -0.875. The largest absolute Gasteiger partial charge is 0.481 e. The lowest BCUT2D eigenvalue weighted by molar-refractivity contribution is -0.151. The summed E-state index contributed by atoms with van der Waals surface area (Å²) in [5.74, 6) is -2.05. The van der Waals surface area contributed by atoms with Crippen LogP contribution in [0.2, 0.25) is 0 Å². The van der Waals surface area contributed by atoms with Crippen LogP contribution in [0.5, 0.6) is 0 Å². The summed E-state index contributed by atoms with van der Waals surface area (Å²) >= 11 is 0. The fourth-order valence-corrected chi connectivity index (χ4v) is 1.85. The molecule has 2 rings (SSSR count). The van der Waals surface area contributed by atoms with Crippen molar-refractivity contribution in [2.75, 3.05) is 13.1 Å². The Morgan fingerprint density at radius 2 is 1.80 bits per heavy atom. The molecular weight excluding hydrogens is 260 g/mol. The maximum absolute atomic E-state index is 11.7. The first-order valence-electron chi connectivity index (χ1n) is 6.07. The Bertz CT molecular complexity index is 571.